The van der Waals surface area contributed by atoms with Gasteiger partial charge in [0, 0.05) is 18.1 Å². The third-order valence-electron chi connectivity index (χ3n) is 3.06. The summed E-state index contributed by atoms with van der Waals surface area (Å²) in [5, 5.41) is 15.0. The van der Waals surface area contributed by atoms with Gasteiger partial charge in [0.25, 0.3) is 5.91 Å². The van der Waals surface area contributed by atoms with E-state index in [1.165, 1.54) is 31.1 Å². The molecule has 0 fully saturated rings. The molecular weight excluding hydrogens is 338 g/mol. The van der Waals surface area contributed by atoms with Gasteiger partial charge in [0.15, 0.2) is 0 Å². The van der Waals surface area contributed by atoms with Crippen molar-refractivity contribution in [3.8, 4) is 0 Å². The smallest absolute Gasteiger partial charge is 0.335 e. The zero-order chi connectivity index (χ0) is 17.0. The van der Waals surface area contributed by atoms with E-state index < -0.39 is 5.97 Å². The van der Waals surface area contributed by atoms with Gasteiger partial charge in [-0.2, -0.15) is 0 Å². The van der Waals surface area contributed by atoms with E-state index in [9.17, 15) is 9.59 Å². The molecular formula is C15H14ClN3O3S. The Labute approximate surface area is 142 Å². The number of nitrogens with one attached hydrogen (secondary N) is 2. The molecule has 2 rings (SSSR count). The number of halogens is 1. The average molecular weight is 352 g/mol. The summed E-state index contributed by atoms with van der Waals surface area (Å²) in [5.74, 6) is -1.30. The lowest BCUT2D eigenvalue weighted by Crippen LogP contribution is -2.19. The zero-order valence-corrected chi connectivity index (χ0v) is 14.0. The van der Waals surface area contributed by atoms with Crippen LogP contribution in [0.2, 0.25) is 5.15 Å². The van der Waals surface area contributed by atoms with Crippen LogP contribution in [0.4, 0.5) is 11.4 Å². The molecule has 0 aliphatic carbocycles. The summed E-state index contributed by atoms with van der Waals surface area (Å²) in [7, 11) is 1.52. The van der Waals surface area contributed by atoms with Crippen molar-refractivity contribution in [3.05, 3.63) is 46.7 Å². The average Bonchev–Trinajstić information content (AvgIpc) is 2.54. The summed E-state index contributed by atoms with van der Waals surface area (Å²) < 4.78 is 0. The molecule has 0 spiro atoms. The number of carbonyl (C=O) groups is 2. The van der Waals surface area contributed by atoms with Crippen molar-refractivity contribution < 1.29 is 14.7 Å². The summed E-state index contributed by atoms with van der Waals surface area (Å²) >= 11 is 7.30. The highest BCUT2D eigenvalue weighted by Crippen LogP contribution is 2.31. The van der Waals surface area contributed by atoms with Gasteiger partial charge in [-0.25, -0.2) is 9.78 Å². The van der Waals surface area contributed by atoms with Gasteiger partial charge < -0.3 is 15.7 Å². The molecule has 120 valence electrons. The third-order valence-corrected chi connectivity index (χ3v) is 4.04. The van der Waals surface area contributed by atoms with Gasteiger partial charge >= 0.3 is 5.97 Å². The Morgan fingerprint density at radius 1 is 1.26 bits per heavy atom. The molecule has 2 aromatic rings. The zero-order valence-electron chi connectivity index (χ0n) is 12.4. The number of pyridine rings is 1. The summed E-state index contributed by atoms with van der Waals surface area (Å²) in [6.07, 6.45) is 3.22. The predicted octanol–water partition coefficient (Wildman–Crippen LogP) is 3.26. The molecule has 0 saturated heterocycles. The number of aromatic carboxylic acids is 1. The van der Waals surface area contributed by atoms with Crippen molar-refractivity contribution in [2.45, 2.75) is 4.90 Å². The third kappa shape index (κ3) is 3.94. The molecule has 23 heavy (non-hydrogen) atoms. The fraction of sp³-hybridized carbons (Fsp3) is 0.133. The van der Waals surface area contributed by atoms with Crippen molar-refractivity contribution >= 4 is 46.6 Å². The highest BCUT2D eigenvalue weighted by molar-refractivity contribution is 7.98. The van der Waals surface area contributed by atoms with Crippen LogP contribution in [0.5, 0.6) is 0 Å². The molecule has 1 aromatic heterocycles. The van der Waals surface area contributed by atoms with Crippen LogP contribution in [0.1, 0.15) is 20.7 Å². The first-order valence-corrected chi connectivity index (χ1v) is 8.12. The van der Waals surface area contributed by atoms with E-state index in [2.05, 4.69) is 15.6 Å². The first kappa shape index (κ1) is 17.1. The Hall–Kier alpha value is -2.25. The van der Waals surface area contributed by atoms with Crippen molar-refractivity contribution in [1.82, 2.24) is 10.3 Å². The normalized spacial score (nSPS) is 10.2. The van der Waals surface area contributed by atoms with E-state index in [0.717, 1.165) is 4.90 Å². The first-order valence-electron chi connectivity index (χ1n) is 6.52. The van der Waals surface area contributed by atoms with Crippen LogP contribution < -0.4 is 10.6 Å². The number of amides is 1. The molecule has 0 saturated carbocycles. The molecule has 6 nitrogen and oxygen atoms in total. The molecule has 0 radical (unpaired) electrons. The molecule has 1 amide bonds. The number of benzene rings is 1. The Bertz CT molecular complexity index is 768. The summed E-state index contributed by atoms with van der Waals surface area (Å²) in [5.41, 5.74) is 1.70. The van der Waals surface area contributed by atoms with E-state index in [1.807, 2.05) is 6.26 Å². The largest absolute Gasteiger partial charge is 0.478 e. The number of nitrogens with zero attached hydrogens (tertiary/aromatic N) is 1. The molecule has 0 aliphatic heterocycles. The molecule has 0 unspecified atom stereocenters. The second kappa shape index (κ2) is 7.34. The number of carboxylic acid groups (broad SMARTS) is 1. The van der Waals surface area contributed by atoms with Gasteiger partial charge in [0.2, 0.25) is 0 Å². The van der Waals surface area contributed by atoms with Crippen LogP contribution in [0.3, 0.4) is 0 Å². The van der Waals surface area contributed by atoms with E-state index in [4.69, 9.17) is 16.7 Å². The maximum absolute atomic E-state index is 11.9. The maximum Gasteiger partial charge on any atom is 0.335 e. The Morgan fingerprint density at radius 3 is 2.61 bits per heavy atom. The number of rotatable bonds is 5. The van der Waals surface area contributed by atoms with Crippen LogP contribution in [0.15, 0.2) is 35.4 Å². The second-order valence-corrected chi connectivity index (χ2v) is 5.71. The van der Waals surface area contributed by atoms with Crippen LogP contribution >= 0.6 is 23.4 Å². The number of aromatic nitrogens is 1. The SMILES string of the molecule is CNC(=O)c1cnc(Cl)cc1Nc1ccc(C(=O)O)cc1SC. The molecule has 0 aliphatic rings. The fourth-order valence-electron chi connectivity index (χ4n) is 1.92. The molecule has 1 aromatic carbocycles. The van der Waals surface area contributed by atoms with Crippen molar-refractivity contribution in [2.75, 3.05) is 18.6 Å². The fourth-order valence-corrected chi connectivity index (χ4v) is 2.66. The first-order chi connectivity index (χ1) is 11.0. The van der Waals surface area contributed by atoms with Crippen molar-refractivity contribution in [3.63, 3.8) is 0 Å². The Kier molecular flexibility index (Phi) is 5.46. The Balaban J connectivity index is 2.44. The van der Waals surface area contributed by atoms with Gasteiger partial charge in [-0.15, -0.1) is 11.8 Å². The van der Waals surface area contributed by atoms with Gasteiger partial charge in [0.1, 0.15) is 5.15 Å². The minimum atomic E-state index is -0.996. The lowest BCUT2D eigenvalue weighted by molar-refractivity contribution is 0.0696. The standard InChI is InChI=1S/C15H14ClN3O3S/c1-17-14(20)9-7-18-13(16)6-11(9)19-10-4-3-8(15(21)22)5-12(10)23-2/h3-7H,1-2H3,(H,17,20)(H,18,19)(H,21,22). The summed E-state index contributed by atoms with van der Waals surface area (Å²) in [6, 6.07) is 6.25. The predicted molar refractivity (Wildman–Crippen MR) is 91.1 cm³/mol. The maximum atomic E-state index is 11.9. The van der Waals surface area contributed by atoms with Crippen LogP contribution in [0, 0.1) is 0 Å². The number of anilines is 2. The number of carboxylic acids is 1. The summed E-state index contributed by atoms with van der Waals surface area (Å²) in [6.45, 7) is 0. The topological polar surface area (TPSA) is 91.3 Å². The van der Waals surface area contributed by atoms with E-state index in [-0.39, 0.29) is 16.6 Å². The van der Waals surface area contributed by atoms with Crippen molar-refractivity contribution in [1.29, 1.82) is 0 Å². The van der Waals surface area contributed by atoms with E-state index in [0.29, 0.717) is 16.9 Å². The van der Waals surface area contributed by atoms with E-state index >= 15 is 0 Å². The van der Waals surface area contributed by atoms with Gasteiger partial charge in [-0.05, 0) is 30.5 Å². The van der Waals surface area contributed by atoms with Crippen LogP contribution in [-0.4, -0.2) is 35.3 Å². The lowest BCUT2D eigenvalue weighted by Gasteiger charge is -2.14. The van der Waals surface area contributed by atoms with E-state index in [1.54, 1.807) is 18.2 Å². The number of hydrogen-bond donors (Lipinski definition) is 3. The molecule has 8 heteroatoms. The minimum Gasteiger partial charge on any atom is -0.478 e. The second-order valence-electron chi connectivity index (χ2n) is 4.48. The number of hydrogen-bond acceptors (Lipinski definition) is 5. The monoisotopic (exact) mass is 351 g/mol. The molecule has 1 heterocycles. The highest BCUT2D eigenvalue weighted by atomic mass is 35.5. The van der Waals surface area contributed by atoms with Crippen LogP contribution in [0.25, 0.3) is 0 Å². The van der Waals surface area contributed by atoms with Gasteiger partial charge in [-0.1, -0.05) is 11.6 Å². The highest BCUT2D eigenvalue weighted by Gasteiger charge is 2.14. The van der Waals surface area contributed by atoms with Gasteiger partial charge in [-0.3, -0.25) is 4.79 Å². The minimum absolute atomic E-state index is 0.194. The van der Waals surface area contributed by atoms with Gasteiger partial charge in [0.05, 0.1) is 22.5 Å². The molecule has 0 atom stereocenters. The number of carbonyl (C=O) groups excluding carboxylic acids is 1. The summed E-state index contributed by atoms with van der Waals surface area (Å²) in [4.78, 5) is 27.6. The van der Waals surface area contributed by atoms with Crippen LogP contribution in [-0.2, 0) is 0 Å². The number of thioether (sulfide) groups is 1. The Morgan fingerprint density at radius 2 is 2.00 bits per heavy atom. The molecule has 3 N–H and O–H groups in total. The quantitative estimate of drug-likeness (QED) is 0.565. The lowest BCUT2D eigenvalue weighted by atomic mass is 10.1. The molecule has 0 bridgehead atoms. The van der Waals surface area contributed by atoms with Crippen molar-refractivity contribution in [2.24, 2.45) is 0 Å².